The van der Waals surface area contributed by atoms with Gasteiger partial charge in [-0.3, -0.25) is 0 Å². The minimum absolute atomic E-state index is 0.0897. The summed E-state index contributed by atoms with van der Waals surface area (Å²) in [6, 6.07) is 3.82. The predicted octanol–water partition coefficient (Wildman–Crippen LogP) is 1.85. The normalized spacial score (nSPS) is 9.91. The Hall–Kier alpha value is -3.21. The molecule has 23 heavy (non-hydrogen) atoms. The van der Waals surface area contributed by atoms with Gasteiger partial charge in [-0.1, -0.05) is 5.92 Å². The van der Waals surface area contributed by atoms with Crippen LogP contribution in [0.25, 0.3) is 0 Å². The van der Waals surface area contributed by atoms with Crippen LogP contribution in [0.15, 0.2) is 30.6 Å². The number of nitrogen functional groups attached to an aromatic ring is 1. The Morgan fingerprint density at radius 3 is 2.65 bits per heavy atom. The first-order valence-corrected chi connectivity index (χ1v) is 6.26. The van der Waals surface area contributed by atoms with Gasteiger partial charge < -0.3 is 15.2 Å². The van der Waals surface area contributed by atoms with E-state index in [2.05, 4.69) is 31.3 Å². The molecule has 0 saturated carbocycles. The van der Waals surface area contributed by atoms with Gasteiger partial charge in [-0.15, -0.1) is 0 Å². The first-order chi connectivity index (χ1) is 11.0. The van der Waals surface area contributed by atoms with Crippen LogP contribution in [0.1, 0.15) is 21.6 Å². The molecule has 2 aromatic rings. The lowest BCUT2D eigenvalue weighted by atomic mass is 10.1. The number of aromatic nitrogens is 2. The molecule has 0 spiro atoms. The second-order valence-corrected chi connectivity index (χ2v) is 4.16. The minimum atomic E-state index is -3.02. The Kier molecular flexibility index (Phi) is 5.04. The van der Waals surface area contributed by atoms with Gasteiger partial charge in [-0.2, -0.15) is 8.78 Å². The van der Waals surface area contributed by atoms with Crippen molar-refractivity contribution < 1.29 is 23.0 Å². The highest BCUT2D eigenvalue weighted by Crippen LogP contribution is 2.22. The van der Waals surface area contributed by atoms with E-state index >= 15 is 0 Å². The maximum atomic E-state index is 12.4. The second-order valence-electron chi connectivity index (χ2n) is 4.16. The number of esters is 1. The molecule has 1 aromatic carbocycles. The summed E-state index contributed by atoms with van der Waals surface area (Å²) in [5.41, 5.74) is 5.93. The quantitative estimate of drug-likeness (QED) is 0.686. The molecule has 0 aliphatic heterocycles. The van der Waals surface area contributed by atoms with Crippen molar-refractivity contribution in [1.82, 2.24) is 9.97 Å². The van der Waals surface area contributed by atoms with Crippen molar-refractivity contribution in [2.24, 2.45) is 0 Å². The van der Waals surface area contributed by atoms with Gasteiger partial charge in [0.05, 0.1) is 30.6 Å². The lowest BCUT2D eigenvalue weighted by Gasteiger charge is -2.08. The average molecular weight is 319 g/mol. The van der Waals surface area contributed by atoms with Gasteiger partial charge in [0.1, 0.15) is 17.3 Å². The molecule has 2 N–H and O–H groups in total. The van der Waals surface area contributed by atoms with Gasteiger partial charge in [0.2, 0.25) is 0 Å². The van der Waals surface area contributed by atoms with Gasteiger partial charge in [0.15, 0.2) is 0 Å². The number of ether oxygens (including phenoxy) is 2. The standard InChI is InChI=1S/C15H11F2N3O3/c1-22-14(21)10-3-5-12(23-15(16)17)9(6-10)2-4-11-7-20-13(18)8-19-11/h3,5-8,15H,1H3,(H2,18,20). The van der Waals surface area contributed by atoms with Crippen molar-refractivity contribution in [1.29, 1.82) is 0 Å². The third kappa shape index (κ3) is 4.38. The third-order valence-corrected chi connectivity index (χ3v) is 2.61. The second kappa shape index (κ2) is 7.17. The molecule has 2 rings (SSSR count). The summed E-state index contributed by atoms with van der Waals surface area (Å²) in [4.78, 5) is 19.2. The Bertz CT molecular complexity index is 768. The minimum Gasteiger partial charge on any atom is -0.465 e. The van der Waals surface area contributed by atoms with Gasteiger partial charge in [0, 0.05) is 0 Å². The van der Waals surface area contributed by atoms with Crippen LogP contribution in [-0.4, -0.2) is 29.7 Å². The molecule has 1 aromatic heterocycles. The number of halogens is 2. The molecule has 0 unspecified atom stereocenters. The number of methoxy groups -OCH3 is 1. The zero-order chi connectivity index (χ0) is 16.8. The maximum Gasteiger partial charge on any atom is 0.387 e. The topological polar surface area (TPSA) is 87.3 Å². The SMILES string of the molecule is COC(=O)c1ccc(OC(F)F)c(C#Cc2cnc(N)cn2)c1. The smallest absolute Gasteiger partial charge is 0.387 e. The monoisotopic (exact) mass is 319 g/mol. The van der Waals surface area contributed by atoms with E-state index in [0.717, 1.165) is 0 Å². The molecule has 0 aliphatic carbocycles. The highest BCUT2D eigenvalue weighted by molar-refractivity contribution is 5.90. The number of nitrogens with zero attached hydrogens (tertiary/aromatic N) is 2. The molecule has 0 aliphatic rings. The molecular formula is C15H11F2N3O3. The van der Waals surface area contributed by atoms with Crippen molar-refractivity contribution in [3.63, 3.8) is 0 Å². The molecule has 0 bridgehead atoms. The number of benzene rings is 1. The van der Waals surface area contributed by atoms with Crippen molar-refractivity contribution in [2.75, 3.05) is 12.8 Å². The van der Waals surface area contributed by atoms with E-state index in [1.54, 1.807) is 0 Å². The van der Waals surface area contributed by atoms with Crippen LogP contribution in [0.3, 0.4) is 0 Å². The summed E-state index contributed by atoms with van der Waals surface area (Å²) in [6.07, 6.45) is 2.64. The molecule has 118 valence electrons. The average Bonchev–Trinajstić information content (AvgIpc) is 2.54. The van der Waals surface area contributed by atoms with E-state index in [4.69, 9.17) is 5.73 Å². The third-order valence-electron chi connectivity index (χ3n) is 2.61. The molecule has 0 atom stereocenters. The van der Waals surface area contributed by atoms with Crippen molar-refractivity contribution in [3.8, 4) is 17.6 Å². The van der Waals surface area contributed by atoms with E-state index in [0.29, 0.717) is 0 Å². The Morgan fingerprint density at radius 1 is 1.26 bits per heavy atom. The van der Waals surface area contributed by atoms with Gasteiger partial charge in [0.25, 0.3) is 0 Å². The predicted molar refractivity (Wildman–Crippen MR) is 76.8 cm³/mol. The first-order valence-electron chi connectivity index (χ1n) is 6.26. The number of carbonyl (C=O) groups excluding carboxylic acids is 1. The number of hydrogen-bond acceptors (Lipinski definition) is 6. The summed E-state index contributed by atoms with van der Waals surface area (Å²) >= 11 is 0. The molecular weight excluding hydrogens is 308 g/mol. The molecule has 0 saturated heterocycles. The fourth-order valence-corrected chi connectivity index (χ4v) is 1.61. The van der Waals surface area contributed by atoms with Gasteiger partial charge in [-0.05, 0) is 24.1 Å². The molecule has 1 heterocycles. The molecule has 0 fully saturated rings. The van der Waals surface area contributed by atoms with Crippen molar-refractivity contribution in [2.45, 2.75) is 6.61 Å². The number of nitrogens with two attached hydrogens (primary N) is 1. The van der Waals surface area contributed by atoms with Crippen molar-refractivity contribution in [3.05, 3.63) is 47.4 Å². The summed E-state index contributed by atoms with van der Waals surface area (Å²) in [5, 5.41) is 0. The Labute approximate surface area is 130 Å². The highest BCUT2D eigenvalue weighted by Gasteiger charge is 2.12. The van der Waals surface area contributed by atoms with E-state index < -0.39 is 12.6 Å². The fraction of sp³-hybridized carbons (Fsp3) is 0.133. The fourth-order valence-electron chi connectivity index (χ4n) is 1.61. The molecule has 0 radical (unpaired) electrons. The largest absolute Gasteiger partial charge is 0.465 e. The van der Waals surface area contributed by atoms with E-state index in [9.17, 15) is 13.6 Å². The van der Waals surface area contributed by atoms with Gasteiger partial charge in [-0.25, -0.2) is 14.8 Å². The van der Waals surface area contributed by atoms with Crippen molar-refractivity contribution >= 4 is 11.8 Å². The zero-order valence-electron chi connectivity index (χ0n) is 11.9. The van der Waals surface area contributed by atoms with Crippen LogP contribution in [0, 0.1) is 11.8 Å². The summed E-state index contributed by atoms with van der Waals surface area (Å²) < 4.78 is 33.8. The van der Waals surface area contributed by atoms with Crippen LogP contribution in [0.2, 0.25) is 0 Å². The summed E-state index contributed by atoms with van der Waals surface area (Å²) in [7, 11) is 1.21. The van der Waals surface area contributed by atoms with Crippen LogP contribution in [-0.2, 0) is 4.74 Å². The molecule has 0 amide bonds. The van der Waals surface area contributed by atoms with Crippen LogP contribution < -0.4 is 10.5 Å². The molecule has 6 nitrogen and oxygen atoms in total. The first kappa shape index (κ1) is 16.2. The Balaban J connectivity index is 2.40. The zero-order valence-corrected chi connectivity index (χ0v) is 11.9. The maximum absolute atomic E-state index is 12.4. The van der Waals surface area contributed by atoms with E-state index in [1.165, 1.54) is 37.7 Å². The van der Waals surface area contributed by atoms with Gasteiger partial charge >= 0.3 is 12.6 Å². The van der Waals surface area contributed by atoms with Crippen LogP contribution in [0.5, 0.6) is 5.75 Å². The number of rotatable bonds is 3. The molecule has 8 heteroatoms. The lowest BCUT2D eigenvalue weighted by Crippen LogP contribution is -2.06. The number of anilines is 1. The number of carbonyl (C=O) groups is 1. The highest BCUT2D eigenvalue weighted by atomic mass is 19.3. The van der Waals surface area contributed by atoms with E-state index in [1.807, 2.05) is 0 Å². The van der Waals surface area contributed by atoms with Crippen LogP contribution in [0.4, 0.5) is 14.6 Å². The van der Waals surface area contributed by atoms with E-state index in [-0.39, 0.29) is 28.4 Å². The van der Waals surface area contributed by atoms with Crippen LogP contribution >= 0.6 is 0 Å². The number of alkyl halides is 2. The Morgan fingerprint density at radius 2 is 2.04 bits per heavy atom. The number of hydrogen-bond donors (Lipinski definition) is 1. The summed E-state index contributed by atoms with van der Waals surface area (Å²) in [6.45, 7) is -3.02. The summed E-state index contributed by atoms with van der Waals surface area (Å²) in [5.74, 6) is 4.69. The lowest BCUT2D eigenvalue weighted by molar-refractivity contribution is -0.0500.